The van der Waals surface area contributed by atoms with Crippen LogP contribution >= 0.6 is 0 Å². The largest absolute Gasteiger partial charge is 0.496 e. The van der Waals surface area contributed by atoms with Crippen LogP contribution in [0.25, 0.3) is 0 Å². The highest BCUT2D eigenvalue weighted by atomic mass is 16.5. The van der Waals surface area contributed by atoms with Gasteiger partial charge in [-0.3, -0.25) is 9.59 Å². The molecule has 1 N–H and O–H groups in total. The molecule has 0 atom stereocenters. The summed E-state index contributed by atoms with van der Waals surface area (Å²) in [5.74, 6) is -0.151. The predicted octanol–water partition coefficient (Wildman–Crippen LogP) is 3.79. The molecule has 1 aliphatic rings. The zero-order valence-electron chi connectivity index (χ0n) is 14.8. The summed E-state index contributed by atoms with van der Waals surface area (Å²) < 4.78 is 10.7. The van der Waals surface area contributed by atoms with E-state index in [9.17, 15) is 14.8 Å². The van der Waals surface area contributed by atoms with Crippen LogP contribution in [0, 0.1) is 0 Å². The number of rotatable bonds is 8. The summed E-state index contributed by atoms with van der Waals surface area (Å²) in [4.78, 5) is 24.6. The average molecular weight is 345 g/mol. The van der Waals surface area contributed by atoms with Gasteiger partial charge in [0, 0.05) is 5.56 Å². The monoisotopic (exact) mass is 345 g/mol. The van der Waals surface area contributed by atoms with Crippen molar-refractivity contribution in [2.24, 2.45) is 5.16 Å². The number of unbranched alkanes of at least 4 members (excludes halogenated alkanes) is 3. The molecular weight excluding hydrogens is 322 g/mol. The summed E-state index contributed by atoms with van der Waals surface area (Å²) in [7, 11) is 2.85. The first-order valence-electron chi connectivity index (χ1n) is 8.36. The maximum Gasteiger partial charge on any atom is 0.190 e. The number of nitrogens with zero attached hydrogens (tertiary/aromatic N) is 1. The number of carbonyl (C=O) groups excluding carboxylic acids is 2. The van der Waals surface area contributed by atoms with Gasteiger partial charge in [0.25, 0.3) is 0 Å². The molecule has 0 aromatic heterocycles. The number of methoxy groups -OCH3 is 2. The zero-order chi connectivity index (χ0) is 18.4. The first-order valence-corrected chi connectivity index (χ1v) is 8.36. The van der Waals surface area contributed by atoms with Crippen LogP contribution in [0.2, 0.25) is 0 Å². The van der Waals surface area contributed by atoms with E-state index in [1.165, 1.54) is 26.4 Å². The predicted molar refractivity (Wildman–Crippen MR) is 94.4 cm³/mol. The summed E-state index contributed by atoms with van der Waals surface area (Å²) in [5, 5.41) is 12.9. The number of hydrogen-bond acceptors (Lipinski definition) is 6. The second-order valence-corrected chi connectivity index (χ2v) is 5.83. The van der Waals surface area contributed by atoms with Crippen LogP contribution in [-0.2, 0) is 0 Å². The quantitative estimate of drug-likeness (QED) is 0.335. The molecule has 0 fully saturated rings. The lowest BCUT2D eigenvalue weighted by atomic mass is 9.88. The molecule has 1 aliphatic carbocycles. The van der Waals surface area contributed by atoms with Crippen molar-refractivity contribution < 1.29 is 24.3 Å². The number of carbonyl (C=O) groups is 2. The topological polar surface area (TPSA) is 85.2 Å². The minimum Gasteiger partial charge on any atom is -0.496 e. The number of ketones is 2. The average Bonchev–Trinajstić information content (AvgIpc) is 2.63. The van der Waals surface area contributed by atoms with E-state index >= 15 is 0 Å². The van der Waals surface area contributed by atoms with Crippen LogP contribution in [0.15, 0.2) is 23.4 Å². The van der Waals surface area contributed by atoms with Gasteiger partial charge in [0.05, 0.1) is 31.1 Å². The van der Waals surface area contributed by atoms with Gasteiger partial charge in [-0.15, -0.1) is 0 Å². The Labute approximate surface area is 147 Å². The lowest BCUT2D eigenvalue weighted by Gasteiger charge is -2.20. The zero-order valence-corrected chi connectivity index (χ0v) is 14.8. The van der Waals surface area contributed by atoms with Gasteiger partial charge in [0.1, 0.15) is 11.5 Å². The third-order valence-corrected chi connectivity index (χ3v) is 4.25. The number of hydrogen-bond donors (Lipinski definition) is 1. The minimum absolute atomic E-state index is 0.152. The molecule has 2 rings (SSSR count). The summed E-state index contributed by atoms with van der Waals surface area (Å²) in [6.07, 6.45) is 7.03. The van der Waals surface area contributed by atoms with Crippen molar-refractivity contribution in [1.82, 2.24) is 0 Å². The molecule has 0 bridgehead atoms. The molecule has 0 saturated heterocycles. The molecule has 0 radical (unpaired) electrons. The van der Waals surface area contributed by atoms with E-state index in [4.69, 9.17) is 9.47 Å². The molecule has 0 heterocycles. The highest BCUT2D eigenvalue weighted by Crippen LogP contribution is 2.38. The summed E-state index contributed by atoms with van der Waals surface area (Å²) >= 11 is 0. The first-order chi connectivity index (χ1) is 12.1. The van der Waals surface area contributed by atoms with Gasteiger partial charge in [-0.25, -0.2) is 0 Å². The van der Waals surface area contributed by atoms with Crippen LogP contribution < -0.4 is 9.47 Å². The third-order valence-electron chi connectivity index (χ3n) is 4.25. The lowest BCUT2D eigenvalue weighted by molar-refractivity contribution is 0.0989. The Morgan fingerprint density at radius 1 is 1.04 bits per heavy atom. The van der Waals surface area contributed by atoms with Gasteiger partial charge in [-0.2, -0.15) is 0 Å². The van der Waals surface area contributed by atoms with E-state index in [2.05, 4.69) is 12.1 Å². The van der Waals surface area contributed by atoms with Crippen LogP contribution in [-0.4, -0.2) is 36.7 Å². The van der Waals surface area contributed by atoms with Crippen molar-refractivity contribution in [2.75, 3.05) is 14.2 Å². The third kappa shape index (κ3) is 3.73. The Hall–Kier alpha value is -2.63. The van der Waals surface area contributed by atoms with E-state index in [1.807, 2.05) is 0 Å². The molecule has 0 amide bonds. The van der Waals surface area contributed by atoms with Gasteiger partial charge < -0.3 is 14.7 Å². The molecule has 0 aliphatic heterocycles. The number of allylic oxidation sites excluding steroid dienone is 2. The lowest BCUT2D eigenvalue weighted by Crippen LogP contribution is -2.17. The highest BCUT2D eigenvalue weighted by Gasteiger charge is 2.31. The van der Waals surface area contributed by atoms with E-state index in [1.54, 1.807) is 6.07 Å². The number of ether oxygens (including phenoxy) is 2. The van der Waals surface area contributed by atoms with Gasteiger partial charge >= 0.3 is 0 Å². The second kappa shape index (κ2) is 8.46. The molecule has 1 aromatic rings. The Morgan fingerprint density at radius 2 is 1.72 bits per heavy atom. The molecule has 134 valence electrons. The Morgan fingerprint density at radius 3 is 2.28 bits per heavy atom. The normalized spacial score (nSPS) is 13.8. The van der Waals surface area contributed by atoms with Crippen molar-refractivity contribution in [2.45, 2.75) is 39.0 Å². The fourth-order valence-electron chi connectivity index (χ4n) is 2.98. The fourth-order valence-corrected chi connectivity index (χ4v) is 2.98. The van der Waals surface area contributed by atoms with E-state index in [-0.39, 0.29) is 34.2 Å². The van der Waals surface area contributed by atoms with Crippen molar-refractivity contribution in [3.8, 4) is 11.5 Å². The molecule has 0 spiro atoms. The number of fused-ring (bicyclic) bond motifs is 1. The van der Waals surface area contributed by atoms with Gasteiger partial charge in [0.2, 0.25) is 0 Å². The molecule has 0 unspecified atom stereocenters. The van der Waals surface area contributed by atoms with Crippen LogP contribution in [0.4, 0.5) is 0 Å². The standard InChI is InChI=1S/C19H23NO5/c1-4-5-6-7-8-13(20-23)12-11-16(24-2)17-14(21)9-10-15(22)18(17)19(12)25-3/h9-11,23H,4-8H2,1-3H3. The summed E-state index contributed by atoms with van der Waals surface area (Å²) in [6, 6.07) is 1.59. The van der Waals surface area contributed by atoms with Gasteiger partial charge in [0.15, 0.2) is 11.6 Å². The Kier molecular flexibility index (Phi) is 6.33. The van der Waals surface area contributed by atoms with E-state index in [0.29, 0.717) is 17.7 Å². The second-order valence-electron chi connectivity index (χ2n) is 5.83. The molecular formula is C19H23NO5. The maximum absolute atomic E-state index is 12.4. The fraction of sp³-hybridized carbons (Fsp3) is 0.421. The van der Waals surface area contributed by atoms with Crippen molar-refractivity contribution in [3.05, 3.63) is 34.9 Å². The van der Waals surface area contributed by atoms with Crippen LogP contribution in [0.5, 0.6) is 11.5 Å². The Bertz CT molecular complexity index is 734. The highest BCUT2D eigenvalue weighted by molar-refractivity contribution is 6.25. The van der Waals surface area contributed by atoms with Crippen molar-refractivity contribution >= 4 is 17.3 Å². The van der Waals surface area contributed by atoms with E-state index in [0.717, 1.165) is 25.7 Å². The minimum atomic E-state index is -0.338. The van der Waals surface area contributed by atoms with Gasteiger partial charge in [-0.05, 0) is 31.1 Å². The van der Waals surface area contributed by atoms with Crippen LogP contribution in [0.1, 0.15) is 65.3 Å². The Balaban J connectivity index is 2.54. The molecule has 25 heavy (non-hydrogen) atoms. The van der Waals surface area contributed by atoms with Crippen molar-refractivity contribution in [3.63, 3.8) is 0 Å². The number of oxime groups is 1. The molecule has 6 heteroatoms. The summed E-state index contributed by atoms with van der Waals surface area (Å²) in [6.45, 7) is 2.12. The SMILES string of the molecule is CCCCCCC(=NO)c1cc(OC)c2c(c1OC)C(=O)C=CC2=O. The smallest absolute Gasteiger partial charge is 0.190 e. The van der Waals surface area contributed by atoms with E-state index < -0.39 is 0 Å². The first kappa shape index (κ1) is 18.7. The van der Waals surface area contributed by atoms with Gasteiger partial charge in [-0.1, -0.05) is 31.3 Å². The molecule has 1 aromatic carbocycles. The maximum atomic E-state index is 12.4. The molecule has 0 saturated carbocycles. The number of benzene rings is 1. The van der Waals surface area contributed by atoms with Crippen LogP contribution in [0.3, 0.4) is 0 Å². The molecule has 6 nitrogen and oxygen atoms in total. The summed E-state index contributed by atoms with van der Waals surface area (Å²) in [5.41, 5.74) is 1.20. The van der Waals surface area contributed by atoms with Crippen molar-refractivity contribution in [1.29, 1.82) is 0 Å².